The highest BCUT2D eigenvalue weighted by Crippen LogP contribution is 2.44. The van der Waals surface area contributed by atoms with Gasteiger partial charge in [0.1, 0.15) is 12.1 Å². The molecule has 2 N–H and O–H groups in total. The summed E-state index contributed by atoms with van der Waals surface area (Å²) in [4.78, 5) is 39.3. The van der Waals surface area contributed by atoms with Gasteiger partial charge in [0.2, 0.25) is 0 Å². The number of ether oxygens (including phenoxy) is 2. The number of likely N-dealkylation sites (tertiary alicyclic amines) is 1. The summed E-state index contributed by atoms with van der Waals surface area (Å²) in [7, 11) is 0. The van der Waals surface area contributed by atoms with Crippen LogP contribution in [0.3, 0.4) is 0 Å². The first-order valence-electron chi connectivity index (χ1n) is 12.1. The molecule has 0 spiro atoms. The Labute approximate surface area is 204 Å². The van der Waals surface area contributed by atoms with Gasteiger partial charge in [0.25, 0.3) is 5.91 Å². The van der Waals surface area contributed by atoms with Gasteiger partial charge in [-0.1, -0.05) is 55.5 Å². The van der Waals surface area contributed by atoms with Crippen molar-refractivity contribution in [3.63, 3.8) is 0 Å². The molecule has 8 heteroatoms. The lowest BCUT2D eigenvalue weighted by molar-refractivity contribution is -0.140. The van der Waals surface area contributed by atoms with Gasteiger partial charge in [-0.15, -0.1) is 0 Å². The van der Waals surface area contributed by atoms with Crippen molar-refractivity contribution in [1.29, 1.82) is 0 Å². The molecule has 0 aromatic heterocycles. The summed E-state index contributed by atoms with van der Waals surface area (Å²) in [5.41, 5.74) is 3.33. The van der Waals surface area contributed by atoms with Gasteiger partial charge in [-0.3, -0.25) is 9.59 Å². The van der Waals surface area contributed by atoms with Gasteiger partial charge in [0.05, 0.1) is 13.0 Å². The highest BCUT2D eigenvalue weighted by molar-refractivity contribution is 5.91. The number of amides is 2. The zero-order valence-electron chi connectivity index (χ0n) is 19.7. The number of carbonyl (C=O) groups is 3. The Hall–Kier alpha value is -3.39. The van der Waals surface area contributed by atoms with Crippen molar-refractivity contribution in [2.75, 3.05) is 32.9 Å². The minimum atomic E-state index is -1.19. The second kappa shape index (κ2) is 9.34. The number of carbonyl (C=O) groups excluding carboxylic acids is 2. The van der Waals surface area contributed by atoms with Crippen molar-refractivity contribution in [2.45, 2.75) is 31.2 Å². The predicted octanol–water partition coefficient (Wildman–Crippen LogP) is 3.25. The van der Waals surface area contributed by atoms with Crippen LogP contribution in [0.5, 0.6) is 0 Å². The van der Waals surface area contributed by atoms with E-state index in [0.717, 1.165) is 22.3 Å². The number of hydrogen-bond donors (Lipinski definition) is 2. The normalized spacial score (nSPS) is 25.2. The Morgan fingerprint density at radius 2 is 1.74 bits per heavy atom. The Bertz CT molecular complexity index is 1100. The maximum Gasteiger partial charge on any atom is 0.408 e. The van der Waals surface area contributed by atoms with Crippen molar-refractivity contribution in [1.82, 2.24) is 10.2 Å². The lowest BCUT2D eigenvalue weighted by Gasteiger charge is -2.32. The molecule has 3 aliphatic rings. The molecule has 2 saturated heterocycles. The van der Waals surface area contributed by atoms with Gasteiger partial charge in [-0.25, -0.2) is 4.79 Å². The van der Waals surface area contributed by atoms with E-state index in [1.54, 1.807) is 4.90 Å². The first-order valence-corrected chi connectivity index (χ1v) is 12.1. The van der Waals surface area contributed by atoms with E-state index in [4.69, 9.17) is 9.47 Å². The third-order valence-electron chi connectivity index (χ3n) is 7.61. The van der Waals surface area contributed by atoms with Gasteiger partial charge in [0.15, 0.2) is 0 Å². The molecule has 0 saturated carbocycles. The standard InChI is InChI=1S/C27H30N2O6/c1-17-13-29(14-18(17)12-24(30)31)25(32)27(10-11-34-16-27)28-26(33)35-15-23-21-8-4-2-6-19(21)20-7-3-5-9-22(20)23/h2-9,17-18,23H,10-16H2,1H3,(H,28,33)(H,30,31). The molecule has 1 aliphatic carbocycles. The molecule has 2 heterocycles. The summed E-state index contributed by atoms with van der Waals surface area (Å²) < 4.78 is 11.2. The average Bonchev–Trinajstić information content (AvgIpc) is 3.54. The number of hydrogen-bond acceptors (Lipinski definition) is 5. The number of rotatable bonds is 6. The van der Waals surface area contributed by atoms with Crippen LogP contribution in [0.15, 0.2) is 48.5 Å². The molecule has 0 radical (unpaired) electrons. The number of nitrogens with zero attached hydrogens (tertiary/aromatic N) is 1. The Morgan fingerprint density at radius 1 is 1.09 bits per heavy atom. The summed E-state index contributed by atoms with van der Waals surface area (Å²) >= 11 is 0. The monoisotopic (exact) mass is 478 g/mol. The zero-order valence-corrected chi connectivity index (χ0v) is 19.7. The van der Waals surface area contributed by atoms with E-state index in [1.165, 1.54) is 0 Å². The van der Waals surface area contributed by atoms with E-state index >= 15 is 0 Å². The number of carboxylic acid groups (broad SMARTS) is 1. The molecule has 8 nitrogen and oxygen atoms in total. The van der Waals surface area contributed by atoms with Gasteiger partial charge in [0, 0.05) is 32.0 Å². The molecular weight excluding hydrogens is 448 g/mol. The average molecular weight is 479 g/mol. The molecule has 184 valence electrons. The number of aliphatic carboxylic acids is 1. The molecule has 2 aromatic rings. The van der Waals surface area contributed by atoms with Gasteiger partial charge in [-0.2, -0.15) is 0 Å². The molecule has 2 amide bonds. The fourth-order valence-corrected chi connectivity index (χ4v) is 5.71. The van der Waals surface area contributed by atoms with Gasteiger partial charge in [-0.05, 0) is 34.1 Å². The minimum absolute atomic E-state index is 0.0221. The van der Waals surface area contributed by atoms with Crippen molar-refractivity contribution in [3.05, 3.63) is 59.7 Å². The van der Waals surface area contributed by atoms with Crippen LogP contribution < -0.4 is 5.32 Å². The second-order valence-electron chi connectivity index (χ2n) is 9.88. The maximum atomic E-state index is 13.5. The van der Waals surface area contributed by atoms with Crippen LogP contribution >= 0.6 is 0 Å². The van der Waals surface area contributed by atoms with Crippen LogP contribution in [-0.2, 0) is 19.1 Å². The van der Waals surface area contributed by atoms with Crippen molar-refractivity contribution >= 4 is 18.0 Å². The van der Waals surface area contributed by atoms with E-state index in [0.29, 0.717) is 26.1 Å². The van der Waals surface area contributed by atoms with E-state index in [-0.39, 0.29) is 43.3 Å². The second-order valence-corrected chi connectivity index (χ2v) is 9.88. The summed E-state index contributed by atoms with van der Waals surface area (Å²) in [6, 6.07) is 16.2. The van der Waals surface area contributed by atoms with Crippen LogP contribution in [0.2, 0.25) is 0 Å². The number of alkyl carbamates (subject to hydrolysis) is 1. The lowest BCUT2D eigenvalue weighted by Crippen LogP contribution is -2.60. The largest absolute Gasteiger partial charge is 0.481 e. The van der Waals surface area contributed by atoms with Crippen LogP contribution in [0.1, 0.15) is 36.8 Å². The van der Waals surface area contributed by atoms with Gasteiger partial charge >= 0.3 is 12.1 Å². The third-order valence-corrected chi connectivity index (χ3v) is 7.61. The van der Waals surface area contributed by atoms with Crippen molar-refractivity contribution in [3.8, 4) is 11.1 Å². The maximum absolute atomic E-state index is 13.5. The van der Waals surface area contributed by atoms with Crippen LogP contribution in [0.4, 0.5) is 4.79 Å². The molecule has 0 bridgehead atoms. The third kappa shape index (κ3) is 4.38. The Morgan fingerprint density at radius 3 is 2.34 bits per heavy atom. The fourth-order valence-electron chi connectivity index (χ4n) is 5.71. The first-order chi connectivity index (χ1) is 16.9. The minimum Gasteiger partial charge on any atom is -0.481 e. The smallest absolute Gasteiger partial charge is 0.408 e. The highest BCUT2D eigenvalue weighted by Gasteiger charge is 2.49. The van der Waals surface area contributed by atoms with E-state index < -0.39 is 17.6 Å². The molecule has 35 heavy (non-hydrogen) atoms. The van der Waals surface area contributed by atoms with Crippen LogP contribution in [-0.4, -0.2) is 66.4 Å². The highest BCUT2D eigenvalue weighted by atomic mass is 16.6. The zero-order chi connectivity index (χ0) is 24.6. The molecular formula is C27H30N2O6. The summed E-state index contributed by atoms with van der Waals surface area (Å²) in [6.45, 7) is 3.37. The predicted molar refractivity (Wildman–Crippen MR) is 128 cm³/mol. The summed E-state index contributed by atoms with van der Waals surface area (Å²) in [5, 5.41) is 12.0. The fraction of sp³-hybridized carbons (Fsp3) is 0.444. The van der Waals surface area contributed by atoms with Crippen LogP contribution in [0.25, 0.3) is 11.1 Å². The quantitative estimate of drug-likeness (QED) is 0.660. The molecule has 2 aliphatic heterocycles. The first kappa shape index (κ1) is 23.4. The molecule has 3 unspecified atom stereocenters. The number of nitrogens with one attached hydrogen (secondary N) is 1. The molecule has 2 fully saturated rings. The number of fused-ring (bicyclic) bond motifs is 3. The molecule has 2 aromatic carbocycles. The van der Waals surface area contributed by atoms with E-state index in [1.807, 2.05) is 31.2 Å². The molecule has 3 atom stereocenters. The van der Waals surface area contributed by atoms with E-state index in [2.05, 4.69) is 29.6 Å². The summed E-state index contributed by atoms with van der Waals surface area (Å²) in [5.74, 6) is -1.21. The van der Waals surface area contributed by atoms with Crippen molar-refractivity contribution in [2.24, 2.45) is 11.8 Å². The van der Waals surface area contributed by atoms with Crippen LogP contribution in [0, 0.1) is 11.8 Å². The Kier molecular flexibility index (Phi) is 6.23. The number of carboxylic acids is 1. The van der Waals surface area contributed by atoms with Gasteiger partial charge < -0.3 is 24.8 Å². The van der Waals surface area contributed by atoms with Crippen molar-refractivity contribution < 1.29 is 29.0 Å². The SMILES string of the molecule is CC1CN(C(=O)C2(NC(=O)OCC3c4ccccc4-c4ccccc43)CCOC2)CC1CC(=O)O. The number of benzene rings is 2. The Balaban J connectivity index is 1.26. The lowest BCUT2D eigenvalue weighted by atomic mass is 9.95. The summed E-state index contributed by atoms with van der Waals surface area (Å²) in [6.07, 6.45) is -0.279. The van der Waals surface area contributed by atoms with E-state index in [9.17, 15) is 19.5 Å². The molecule has 5 rings (SSSR count). The topological polar surface area (TPSA) is 105 Å².